The SMILES string of the molecule is [2H]C([2H])([2H])O[C@]1(C)C[C@@H](C)C(=O)[C@H](C)[C@@H](O)[C@](C)(O)[C@@H](CC)OC(=O)[C@H](C)[C@@H](O[C@@H]2C[C@](C)(OC)[C@H](O)[C@@H](C)O2)[C@H](C)[C@H]1O[C@@H]1O[C@H](C)C[C@H](N(C([2H])([2H])[2H])C([2H])([2H])[2H])[C@H]1O. The summed E-state index contributed by atoms with van der Waals surface area (Å²) in [5.41, 5.74) is -5.51. The predicted molar refractivity (Wildman–Crippen MR) is 191 cm³/mol. The molecule has 0 aromatic heterocycles. The number of likely N-dealkylation sites (N-methyl/N-ethyl adjacent to an activating group) is 1. The topological polar surface area (TPSA) is 183 Å². The Morgan fingerprint density at radius 1 is 0.904 bits per heavy atom. The normalized spacial score (nSPS) is 52.3. The zero-order valence-corrected chi connectivity index (χ0v) is 32.4. The summed E-state index contributed by atoms with van der Waals surface area (Å²) in [6.45, 7) is 8.21. The lowest BCUT2D eigenvalue weighted by Gasteiger charge is -2.50. The number of carbonyl (C=O) groups is 2. The van der Waals surface area contributed by atoms with Crippen molar-refractivity contribution in [2.24, 2.45) is 23.7 Å². The van der Waals surface area contributed by atoms with Gasteiger partial charge in [-0.05, 0) is 74.8 Å². The first-order valence-electron chi connectivity index (χ1n) is 22.7. The summed E-state index contributed by atoms with van der Waals surface area (Å²) in [7, 11) is -1.81. The van der Waals surface area contributed by atoms with Crippen LogP contribution in [0.2, 0.25) is 0 Å². The maximum atomic E-state index is 14.3. The predicted octanol–water partition coefficient (Wildman–Crippen LogP) is 2.44. The fourth-order valence-corrected chi connectivity index (χ4v) is 8.23. The molecule has 18 atom stereocenters. The number of hydrogen-bond donors (Lipinski definition) is 4. The lowest BCUT2D eigenvalue weighted by molar-refractivity contribution is -0.319. The Morgan fingerprint density at radius 2 is 1.56 bits per heavy atom. The summed E-state index contributed by atoms with van der Waals surface area (Å²) in [6, 6.07) is -1.62. The monoisotopic (exact) mass is 757 g/mol. The molecule has 0 aromatic carbocycles. The summed E-state index contributed by atoms with van der Waals surface area (Å²) in [4.78, 5) is 28.7. The van der Waals surface area contributed by atoms with Crippen LogP contribution in [0.5, 0.6) is 0 Å². The highest BCUT2D eigenvalue weighted by atomic mass is 16.7. The molecule has 0 unspecified atom stereocenters. The molecule has 0 saturated carbocycles. The van der Waals surface area contributed by atoms with E-state index in [1.807, 2.05) is 0 Å². The van der Waals surface area contributed by atoms with Crippen LogP contribution < -0.4 is 0 Å². The molecule has 0 spiro atoms. The van der Waals surface area contributed by atoms with Crippen LogP contribution in [-0.4, -0.2) is 149 Å². The molecule has 3 heterocycles. The van der Waals surface area contributed by atoms with Crippen LogP contribution >= 0.6 is 0 Å². The highest BCUT2D eigenvalue weighted by Crippen LogP contribution is 2.41. The Labute approximate surface area is 323 Å². The molecule has 0 aromatic rings. The molecule has 3 aliphatic heterocycles. The number of ketones is 1. The number of nitrogens with zero attached hydrogens (tertiary/aromatic N) is 1. The van der Waals surface area contributed by atoms with Gasteiger partial charge in [0.15, 0.2) is 12.6 Å². The van der Waals surface area contributed by atoms with E-state index in [1.165, 1.54) is 55.6 Å². The maximum absolute atomic E-state index is 14.3. The smallest absolute Gasteiger partial charge is 0.311 e. The van der Waals surface area contributed by atoms with E-state index in [-0.39, 0.29) is 24.2 Å². The quantitative estimate of drug-likeness (QED) is 0.265. The molecule has 3 aliphatic rings. The number of aliphatic hydroxyl groups excluding tert-OH is 3. The molecule has 14 heteroatoms. The van der Waals surface area contributed by atoms with Crippen LogP contribution in [0.15, 0.2) is 0 Å². The van der Waals surface area contributed by atoms with Gasteiger partial charge in [-0.1, -0.05) is 27.7 Å². The van der Waals surface area contributed by atoms with Crippen molar-refractivity contribution < 1.29 is 75.5 Å². The van der Waals surface area contributed by atoms with Crippen molar-refractivity contribution in [1.82, 2.24) is 4.90 Å². The first-order chi connectivity index (χ1) is 27.6. The Hall–Kier alpha value is -1.30. The van der Waals surface area contributed by atoms with Gasteiger partial charge in [-0.2, -0.15) is 0 Å². The van der Waals surface area contributed by atoms with Gasteiger partial charge in [0.05, 0.1) is 51.8 Å². The minimum atomic E-state index is -3.23. The molecule has 4 N–H and O–H groups in total. The lowest BCUT2D eigenvalue weighted by atomic mass is 9.74. The molecule has 0 bridgehead atoms. The number of esters is 1. The van der Waals surface area contributed by atoms with E-state index in [0.717, 1.165) is 0 Å². The van der Waals surface area contributed by atoms with Gasteiger partial charge >= 0.3 is 5.97 Å². The molecule has 3 saturated heterocycles. The van der Waals surface area contributed by atoms with Crippen LogP contribution in [-0.2, 0) is 42.7 Å². The third kappa shape index (κ3) is 9.38. The van der Waals surface area contributed by atoms with Crippen molar-refractivity contribution in [2.75, 3.05) is 28.1 Å². The molecular formula is C38H69NO13. The second kappa shape index (κ2) is 17.7. The number of ether oxygens (including phenoxy) is 7. The van der Waals surface area contributed by atoms with Crippen LogP contribution in [0, 0.1) is 23.7 Å². The number of carbonyl (C=O) groups excluding carboxylic acids is 2. The highest BCUT2D eigenvalue weighted by Gasteiger charge is 2.54. The zero-order chi connectivity index (χ0) is 47.2. The lowest BCUT2D eigenvalue weighted by Crippen LogP contribution is -2.61. The van der Waals surface area contributed by atoms with Crippen LogP contribution in [0.4, 0.5) is 0 Å². The van der Waals surface area contributed by atoms with Gasteiger partial charge in [0.2, 0.25) is 0 Å². The molecule has 0 aliphatic carbocycles. The fraction of sp³-hybridized carbons (Fsp3) is 0.947. The summed E-state index contributed by atoms with van der Waals surface area (Å²) in [6.07, 6.45) is -15.0. The molecular weight excluding hydrogens is 678 g/mol. The molecule has 0 radical (unpaired) electrons. The van der Waals surface area contributed by atoms with Gasteiger partial charge in [0.1, 0.15) is 29.7 Å². The van der Waals surface area contributed by atoms with E-state index in [1.54, 1.807) is 20.8 Å². The summed E-state index contributed by atoms with van der Waals surface area (Å²) in [5, 5.41) is 46.0. The van der Waals surface area contributed by atoms with Gasteiger partial charge in [-0.25, -0.2) is 0 Å². The van der Waals surface area contributed by atoms with Crippen molar-refractivity contribution in [1.29, 1.82) is 0 Å². The Kier molecular flexibility index (Phi) is 11.2. The number of rotatable bonds is 8. The van der Waals surface area contributed by atoms with Gasteiger partial charge in [0, 0.05) is 52.6 Å². The Balaban J connectivity index is 2.36. The van der Waals surface area contributed by atoms with Gasteiger partial charge in [-0.15, -0.1) is 0 Å². The average molecular weight is 757 g/mol. The van der Waals surface area contributed by atoms with Gasteiger partial charge < -0.3 is 58.5 Å². The Morgan fingerprint density at radius 3 is 2.13 bits per heavy atom. The standard InChI is InChI=1S/C38H69NO13/c1-15-26-38(10,45)31(42)21(4)28(40)19(2)17-37(9,47-14)33(52-35-29(41)25(39(11)12)16-20(3)48-35)22(5)30(23(6)34(44)50-26)51-27-18-36(8,46-13)32(43)24(7)49-27/h19-27,29-33,35,41-43,45H,15-18H2,1-14H3/t19-,20-,21+,22+,23-,24-,25+,26-,27-,29-,30+,31-,32-,33-,35+,36+,37-,38-/m1/s1/i11D3,12D3,14D3. The summed E-state index contributed by atoms with van der Waals surface area (Å²) in [5.74, 6) is -6.58. The van der Waals surface area contributed by atoms with E-state index in [2.05, 4.69) is 0 Å². The molecule has 52 heavy (non-hydrogen) atoms. The maximum Gasteiger partial charge on any atom is 0.311 e. The fourth-order valence-electron chi connectivity index (χ4n) is 8.23. The van der Waals surface area contributed by atoms with Crippen molar-refractivity contribution >= 4 is 11.8 Å². The molecule has 0 amide bonds. The van der Waals surface area contributed by atoms with E-state index in [9.17, 15) is 30.0 Å². The van der Waals surface area contributed by atoms with Crippen molar-refractivity contribution in [3.63, 3.8) is 0 Å². The third-order valence-corrected chi connectivity index (χ3v) is 11.7. The molecule has 14 nitrogen and oxygen atoms in total. The number of Topliss-reactive ketones (excluding diaryl/α,β-unsaturated/α-hetero) is 1. The van der Waals surface area contributed by atoms with Crippen molar-refractivity contribution in [3.05, 3.63) is 0 Å². The first kappa shape index (κ1) is 32.9. The van der Waals surface area contributed by atoms with Crippen LogP contribution in [0.3, 0.4) is 0 Å². The van der Waals surface area contributed by atoms with Gasteiger partial charge in [0.25, 0.3) is 0 Å². The molecule has 304 valence electrons. The van der Waals surface area contributed by atoms with E-state index >= 15 is 0 Å². The number of aliphatic hydroxyl groups is 4. The van der Waals surface area contributed by atoms with E-state index in [0.29, 0.717) is 0 Å². The van der Waals surface area contributed by atoms with Gasteiger partial charge in [-0.3, -0.25) is 9.59 Å². The second-order valence-corrected chi connectivity index (χ2v) is 15.9. The Bertz CT molecular complexity index is 1470. The largest absolute Gasteiger partial charge is 0.459 e. The molecule has 3 rings (SSSR count). The van der Waals surface area contributed by atoms with Crippen LogP contribution in [0.1, 0.15) is 107 Å². The van der Waals surface area contributed by atoms with Crippen molar-refractivity contribution in [3.8, 4) is 0 Å². The van der Waals surface area contributed by atoms with E-state index < -0.39 is 147 Å². The van der Waals surface area contributed by atoms with Crippen molar-refractivity contribution in [2.45, 2.75) is 179 Å². The number of cyclic esters (lactones) is 1. The summed E-state index contributed by atoms with van der Waals surface area (Å²) >= 11 is 0. The number of hydrogen-bond acceptors (Lipinski definition) is 14. The average Bonchev–Trinajstić information content (AvgIpc) is 3.11. The second-order valence-electron chi connectivity index (χ2n) is 15.9. The highest BCUT2D eigenvalue weighted by molar-refractivity contribution is 5.83. The zero-order valence-electron chi connectivity index (χ0n) is 41.4. The van der Waals surface area contributed by atoms with E-state index in [4.69, 9.17) is 45.5 Å². The first-order valence-corrected chi connectivity index (χ1v) is 18.2. The van der Waals surface area contributed by atoms with Crippen LogP contribution in [0.25, 0.3) is 0 Å². The minimum Gasteiger partial charge on any atom is -0.459 e. The summed E-state index contributed by atoms with van der Waals surface area (Å²) < 4.78 is 116. The molecule has 3 fully saturated rings. The number of methoxy groups -OCH3 is 2. The third-order valence-electron chi connectivity index (χ3n) is 11.7. The minimum absolute atomic E-state index is 0.00336.